The number of aliphatic carboxylic acids is 1. The first-order valence-corrected chi connectivity index (χ1v) is 12.7. The number of rotatable bonds is 6. The van der Waals surface area contributed by atoms with Gasteiger partial charge >= 0.3 is 5.97 Å². The van der Waals surface area contributed by atoms with Crippen molar-refractivity contribution in [2.75, 3.05) is 6.61 Å². The highest BCUT2D eigenvalue weighted by atomic mass is 16.5. The topological polar surface area (TPSA) is 46.5 Å². The summed E-state index contributed by atoms with van der Waals surface area (Å²) in [4.78, 5) is 11.6. The van der Waals surface area contributed by atoms with E-state index in [1.165, 1.54) is 64.2 Å². The second kappa shape index (κ2) is 8.17. The second-order valence-corrected chi connectivity index (χ2v) is 11.6. The molecule has 2 unspecified atom stereocenters. The summed E-state index contributed by atoms with van der Waals surface area (Å²) in [6.07, 6.45) is 14.3. The van der Waals surface area contributed by atoms with E-state index in [-0.39, 0.29) is 0 Å². The lowest BCUT2D eigenvalue weighted by molar-refractivity contribution is -0.152. The van der Waals surface area contributed by atoms with Crippen LogP contribution in [0.2, 0.25) is 0 Å². The van der Waals surface area contributed by atoms with E-state index in [0.29, 0.717) is 35.7 Å². The van der Waals surface area contributed by atoms with Crippen LogP contribution in [0.5, 0.6) is 0 Å². The maximum Gasteiger partial charge on any atom is 0.332 e. The molecule has 4 saturated carbocycles. The molecule has 0 amide bonds. The van der Waals surface area contributed by atoms with Gasteiger partial charge < -0.3 is 9.84 Å². The Balaban J connectivity index is 1.49. The minimum atomic E-state index is -0.786. The Morgan fingerprint density at radius 3 is 2.48 bits per heavy atom. The molecule has 4 aliphatic rings. The first kappa shape index (κ1) is 21.7. The molecule has 0 radical (unpaired) electrons. The van der Waals surface area contributed by atoms with Crippen LogP contribution in [0.4, 0.5) is 0 Å². The van der Waals surface area contributed by atoms with E-state index in [2.05, 4.69) is 20.8 Å². The fourth-order valence-corrected chi connectivity index (χ4v) is 9.21. The van der Waals surface area contributed by atoms with Crippen LogP contribution in [0.1, 0.15) is 98.3 Å². The molecule has 0 aromatic carbocycles. The monoisotopic (exact) mass is 404 g/mol. The Hall–Kier alpha value is -0.570. The zero-order valence-electron chi connectivity index (χ0n) is 19.3. The second-order valence-electron chi connectivity index (χ2n) is 11.6. The van der Waals surface area contributed by atoms with Crippen molar-refractivity contribution >= 4 is 5.97 Å². The summed E-state index contributed by atoms with van der Waals surface area (Å²) < 4.78 is 5.56. The van der Waals surface area contributed by atoms with Crippen LogP contribution in [0.25, 0.3) is 0 Å². The maximum atomic E-state index is 11.6. The van der Waals surface area contributed by atoms with Crippen molar-refractivity contribution in [3.63, 3.8) is 0 Å². The third-order valence-electron chi connectivity index (χ3n) is 10.6. The minimum absolute atomic E-state index is 0.410. The van der Waals surface area contributed by atoms with Gasteiger partial charge in [0.1, 0.15) is 0 Å². The summed E-state index contributed by atoms with van der Waals surface area (Å²) >= 11 is 0. The Kier molecular flexibility index (Phi) is 6.10. The molecule has 1 N–H and O–H groups in total. The van der Waals surface area contributed by atoms with Crippen LogP contribution in [-0.2, 0) is 9.53 Å². The van der Waals surface area contributed by atoms with E-state index in [9.17, 15) is 9.90 Å². The minimum Gasteiger partial charge on any atom is -0.479 e. The summed E-state index contributed by atoms with van der Waals surface area (Å²) in [6.45, 7) is 9.92. The molecule has 4 fully saturated rings. The van der Waals surface area contributed by atoms with E-state index in [1.807, 2.05) is 6.92 Å². The lowest BCUT2D eigenvalue weighted by atomic mass is 9.44. The van der Waals surface area contributed by atoms with Crippen LogP contribution in [0.15, 0.2) is 0 Å². The molecule has 4 aliphatic carbocycles. The van der Waals surface area contributed by atoms with Crippen molar-refractivity contribution in [3.8, 4) is 0 Å². The SMILES string of the molecule is CCOC(C[C@@H](C)[C@H]1CC[C@H]2[C@@H]3CCC4CCCC[C@]4(C)[C@H]3CC[C@]12C)C(=O)O. The molecule has 9 atom stereocenters. The van der Waals surface area contributed by atoms with Crippen LogP contribution < -0.4 is 0 Å². The third-order valence-corrected chi connectivity index (χ3v) is 10.6. The highest BCUT2D eigenvalue weighted by Gasteiger charge is 2.60. The van der Waals surface area contributed by atoms with Crippen molar-refractivity contribution in [2.24, 2.45) is 46.3 Å². The molecule has 0 saturated heterocycles. The fraction of sp³-hybridized carbons (Fsp3) is 0.962. The molecular formula is C26H44O3. The fourth-order valence-electron chi connectivity index (χ4n) is 9.21. The molecule has 4 rings (SSSR count). The van der Waals surface area contributed by atoms with Crippen LogP contribution >= 0.6 is 0 Å². The number of ether oxygens (including phenoxy) is 1. The quantitative estimate of drug-likeness (QED) is 0.546. The lowest BCUT2D eigenvalue weighted by Gasteiger charge is -2.61. The average molecular weight is 405 g/mol. The van der Waals surface area contributed by atoms with Gasteiger partial charge in [-0.2, -0.15) is 0 Å². The molecule has 0 aromatic rings. The van der Waals surface area contributed by atoms with E-state index >= 15 is 0 Å². The molecule has 0 aromatic heterocycles. The molecular weight excluding hydrogens is 360 g/mol. The van der Waals surface area contributed by atoms with Crippen molar-refractivity contribution in [2.45, 2.75) is 104 Å². The van der Waals surface area contributed by atoms with Gasteiger partial charge in [-0.25, -0.2) is 4.79 Å². The summed E-state index contributed by atoms with van der Waals surface area (Å²) in [6, 6.07) is 0. The van der Waals surface area contributed by atoms with Crippen LogP contribution in [0, 0.1) is 46.3 Å². The predicted octanol–water partition coefficient (Wildman–Crippen LogP) is 6.55. The van der Waals surface area contributed by atoms with Crippen molar-refractivity contribution < 1.29 is 14.6 Å². The lowest BCUT2D eigenvalue weighted by Crippen LogP contribution is -2.53. The normalized spacial score (nSPS) is 46.3. The smallest absolute Gasteiger partial charge is 0.332 e. The molecule has 29 heavy (non-hydrogen) atoms. The van der Waals surface area contributed by atoms with Gasteiger partial charge in [0.05, 0.1) is 0 Å². The molecule has 0 bridgehead atoms. The summed E-state index contributed by atoms with van der Waals surface area (Å²) in [5.41, 5.74) is 1.02. The molecule has 0 heterocycles. The Labute approximate surface area is 178 Å². The number of carboxylic acids is 1. The molecule has 166 valence electrons. The number of carboxylic acid groups (broad SMARTS) is 1. The number of hydrogen-bond donors (Lipinski definition) is 1. The maximum absolute atomic E-state index is 11.6. The molecule has 0 spiro atoms. The average Bonchev–Trinajstić information content (AvgIpc) is 3.04. The number of hydrogen-bond acceptors (Lipinski definition) is 2. The molecule has 3 nitrogen and oxygen atoms in total. The van der Waals surface area contributed by atoms with E-state index in [1.54, 1.807) is 0 Å². The largest absolute Gasteiger partial charge is 0.479 e. The Bertz CT molecular complexity index is 603. The Morgan fingerprint density at radius 2 is 1.76 bits per heavy atom. The van der Waals surface area contributed by atoms with Crippen molar-refractivity contribution in [1.29, 1.82) is 0 Å². The number of fused-ring (bicyclic) bond motifs is 5. The van der Waals surface area contributed by atoms with E-state index in [4.69, 9.17) is 4.74 Å². The predicted molar refractivity (Wildman–Crippen MR) is 117 cm³/mol. The van der Waals surface area contributed by atoms with Crippen LogP contribution in [-0.4, -0.2) is 23.8 Å². The standard InChI is InChI=1S/C26H44O3/c1-5-29-23(24(27)28)16-17(2)20-11-12-21-19-10-9-18-8-6-7-14-25(18,3)22(19)13-15-26(20,21)4/h17-23H,5-16H2,1-4H3,(H,27,28)/t17-,18?,19+,20-,21+,22+,23?,25+,26-/m1/s1. The first-order chi connectivity index (χ1) is 13.8. The molecule has 3 heteroatoms. The van der Waals surface area contributed by atoms with Gasteiger partial charge in [-0.15, -0.1) is 0 Å². The van der Waals surface area contributed by atoms with Gasteiger partial charge in [-0.1, -0.05) is 33.6 Å². The highest BCUT2D eigenvalue weighted by molar-refractivity contribution is 5.72. The summed E-state index contributed by atoms with van der Waals surface area (Å²) in [5, 5.41) is 9.56. The van der Waals surface area contributed by atoms with E-state index < -0.39 is 12.1 Å². The van der Waals surface area contributed by atoms with Gasteiger partial charge in [-0.3, -0.25) is 0 Å². The van der Waals surface area contributed by atoms with Gasteiger partial charge in [0.25, 0.3) is 0 Å². The van der Waals surface area contributed by atoms with E-state index in [0.717, 1.165) is 23.7 Å². The van der Waals surface area contributed by atoms with Gasteiger partial charge in [0.15, 0.2) is 6.10 Å². The van der Waals surface area contributed by atoms with Crippen LogP contribution in [0.3, 0.4) is 0 Å². The zero-order chi connectivity index (χ0) is 20.8. The van der Waals surface area contributed by atoms with Gasteiger partial charge in [0, 0.05) is 6.61 Å². The summed E-state index contributed by atoms with van der Waals surface area (Å²) in [5.74, 6) is 4.02. The van der Waals surface area contributed by atoms with Crippen molar-refractivity contribution in [3.05, 3.63) is 0 Å². The van der Waals surface area contributed by atoms with Gasteiger partial charge in [-0.05, 0) is 111 Å². The molecule has 0 aliphatic heterocycles. The zero-order valence-corrected chi connectivity index (χ0v) is 19.3. The van der Waals surface area contributed by atoms with Crippen molar-refractivity contribution in [1.82, 2.24) is 0 Å². The van der Waals surface area contributed by atoms with Gasteiger partial charge in [0.2, 0.25) is 0 Å². The third kappa shape index (κ3) is 3.58. The number of carbonyl (C=O) groups is 1. The summed E-state index contributed by atoms with van der Waals surface area (Å²) in [7, 11) is 0. The highest BCUT2D eigenvalue weighted by Crippen LogP contribution is 2.68. The Morgan fingerprint density at radius 1 is 1.00 bits per heavy atom. The first-order valence-electron chi connectivity index (χ1n) is 12.7.